The Labute approximate surface area is 185 Å². The lowest BCUT2D eigenvalue weighted by Crippen LogP contribution is -2.40. The number of carbonyl (C=O) groups is 1. The van der Waals surface area contributed by atoms with Crippen molar-refractivity contribution in [3.63, 3.8) is 0 Å². The molecule has 1 N–H and O–H groups in total. The van der Waals surface area contributed by atoms with Crippen LogP contribution < -0.4 is 10.2 Å². The lowest BCUT2D eigenvalue weighted by molar-refractivity contribution is -0.137. The second-order valence-electron chi connectivity index (χ2n) is 8.06. The van der Waals surface area contributed by atoms with Gasteiger partial charge in [-0.05, 0) is 44.1 Å². The van der Waals surface area contributed by atoms with Gasteiger partial charge < -0.3 is 15.1 Å². The molecule has 1 aromatic heterocycles. The van der Waals surface area contributed by atoms with Crippen LogP contribution >= 0.6 is 11.6 Å². The van der Waals surface area contributed by atoms with Gasteiger partial charge in [-0.25, -0.2) is 4.98 Å². The van der Waals surface area contributed by atoms with E-state index in [9.17, 15) is 18.0 Å². The first kappa shape index (κ1) is 23.3. The molecule has 1 fully saturated rings. The largest absolute Gasteiger partial charge is 0.417 e. The molecule has 1 saturated heterocycles. The van der Waals surface area contributed by atoms with Gasteiger partial charge in [0.2, 0.25) is 5.91 Å². The van der Waals surface area contributed by atoms with Gasteiger partial charge in [0.05, 0.1) is 10.6 Å². The zero-order valence-electron chi connectivity index (χ0n) is 17.5. The van der Waals surface area contributed by atoms with Crippen LogP contribution in [0.4, 0.5) is 19.0 Å². The number of rotatable bonds is 6. The van der Waals surface area contributed by atoms with E-state index in [1.54, 1.807) is 0 Å². The van der Waals surface area contributed by atoms with E-state index >= 15 is 0 Å². The van der Waals surface area contributed by atoms with Crippen molar-refractivity contribution in [3.8, 4) is 0 Å². The van der Waals surface area contributed by atoms with Crippen molar-refractivity contribution in [2.24, 2.45) is 5.92 Å². The lowest BCUT2D eigenvalue weighted by atomic mass is 9.95. The molecule has 31 heavy (non-hydrogen) atoms. The van der Waals surface area contributed by atoms with Crippen LogP contribution in [-0.2, 0) is 24.1 Å². The third kappa shape index (κ3) is 6.33. The van der Waals surface area contributed by atoms with Crippen LogP contribution in [-0.4, -0.2) is 43.0 Å². The van der Waals surface area contributed by atoms with E-state index in [1.165, 1.54) is 5.56 Å². The maximum absolute atomic E-state index is 12.8. The molecule has 168 valence electrons. The van der Waals surface area contributed by atoms with Crippen molar-refractivity contribution in [3.05, 3.63) is 58.2 Å². The Morgan fingerprint density at radius 2 is 1.81 bits per heavy atom. The highest BCUT2D eigenvalue weighted by Gasteiger charge is 2.33. The molecule has 0 spiro atoms. The molecule has 3 rings (SSSR count). The molecule has 1 aromatic carbocycles. The van der Waals surface area contributed by atoms with Crippen molar-refractivity contribution in [2.75, 3.05) is 32.1 Å². The Kier molecular flexibility index (Phi) is 7.43. The van der Waals surface area contributed by atoms with Crippen LogP contribution in [0, 0.1) is 5.92 Å². The number of aromatic nitrogens is 1. The fourth-order valence-electron chi connectivity index (χ4n) is 3.63. The van der Waals surface area contributed by atoms with Gasteiger partial charge in [0.25, 0.3) is 0 Å². The third-order valence-electron chi connectivity index (χ3n) is 5.30. The van der Waals surface area contributed by atoms with E-state index in [0.29, 0.717) is 38.3 Å². The number of piperidine rings is 1. The average Bonchev–Trinajstić information content (AvgIpc) is 2.72. The molecule has 2 heterocycles. The summed E-state index contributed by atoms with van der Waals surface area (Å²) in [5.74, 6) is 0.173. The molecular formula is C22H26ClF3N4O. The molecule has 1 amide bonds. The van der Waals surface area contributed by atoms with Crippen LogP contribution in [0.1, 0.15) is 29.5 Å². The number of carbonyl (C=O) groups excluding carboxylic acids is 1. The summed E-state index contributed by atoms with van der Waals surface area (Å²) in [7, 11) is 4.03. The topological polar surface area (TPSA) is 48.5 Å². The SMILES string of the molecule is CN(C)Cc1ccc(CNC(=O)C2CCN(c3ncc(C(F)(F)F)cc3Cl)CC2)cc1. The molecule has 1 aliphatic heterocycles. The quantitative estimate of drug-likeness (QED) is 0.705. The van der Waals surface area contributed by atoms with E-state index in [4.69, 9.17) is 11.6 Å². The average molecular weight is 455 g/mol. The summed E-state index contributed by atoms with van der Waals surface area (Å²) < 4.78 is 38.4. The Morgan fingerprint density at radius 1 is 1.19 bits per heavy atom. The number of nitrogens with zero attached hydrogens (tertiary/aromatic N) is 3. The van der Waals surface area contributed by atoms with Crippen molar-refractivity contribution < 1.29 is 18.0 Å². The molecule has 9 heteroatoms. The van der Waals surface area contributed by atoms with Gasteiger partial charge in [0.15, 0.2) is 0 Å². The van der Waals surface area contributed by atoms with Crippen LogP contribution in [0.15, 0.2) is 36.5 Å². The first-order valence-corrected chi connectivity index (χ1v) is 10.5. The summed E-state index contributed by atoms with van der Waals surface area (Å²) in [4.78, 5) is 20.4. The standard InChI is InChI=1S/C22H26ClF3N4O/c1-29(2)14-16-5-3-15(4-6-16)12-28-21(31)17-7-9-30(10-8-17)20-19(23)11-18(13-27-20)22(24,25)26/h3-6,11,13,17H,7-10,12,14H2,1-2H3,(H,28,31). The normalized spacial score (nSPS) is 15.4. The predicted molar refractivity (Wildman–Crippen MR) is 115 cm³/mol. The zero-order valence-corrected chi connectivity index (χ0v) is 18.3. The fraction of sp³-hybridized carbons (Fsp3) is 0.455. The summed E-state index contributed by atoms with van der Waals surface area (Å²) in [5, 5.41) is 2.95. The summed E-state index contributed by atoms with van der Waals surface area (Å²) in [6.07, 6.45) is -2.50. The highest BCUT2D eigenvalue weighted by Crippen LogP contribution is 2.34. The number of hydrogen-bond donors (Lipinski definition) is 1. The third-order valence-corrected chi connectivity index (χ3v) is 5.58. The molecule has 0 radical (unpaired) electrons. The Bertz CT molecular complexity index is 895. The van der Waals surface area contributed by atoms with Crippen molar-refractivity contribution in [2.45, 2.75) is 32.1 Å². The molecule has 0 atom stereocenters. The number of amides is 1. The molecule has 5 nitrogen and oxygen atoms in total. The smallest absolute Gasteiger partial charge is 0.355 e. The van der Waals surface area contributed by atoms with Gasteiger partial charge >= 0.3 is 6.18 Å². The highest BCUT2D eigenvalue weighted by atomic mass is 35.5. The Morgan fingerprint density at radius 3 is 2.35 bits per heavy atom. The van der Waals surface area contributed by atoms with Gasteiger partial charge in [0.1, 0.15) is 5.82 Å². The molecule has 1 aliphatic rings. The van der Waals surface area contributed by atoms with Gasteiger partial charge in [-0.3, -0.25) is 4.79 Å². The number of benzene rings is 1. The highest BCUT2D eigenvalue weighted by molar-refractivity contribution is 6.33. The molecule has 0 unspecified atom stereocenters. The summed E-state index contributed by atoms with van der Waals surface area (Å²) in [6, 6.07) is 9.04. The van der Waals surface area contributed by atoms with Crippen molar-refractivity contribution in [1.82, 2.24) is 15.2 Å². The van der Waals surface area contributed by atoms with E-state index < -0.39 is 11.7 Å². The minimum atomic E-state index is -4.48. The van der Waals surface area contributed by atoms with Crippen molar-refractivity contribution in [1.29, 1.82) is 0 Å². The molecule has 0 aliphatic carbocycles. The van der Waals surface area contributed by atoms with Gasteiger partial charge in [-0.1, -0.05) is 35.9 Å². The van der Waals surface area contributed by atoms with Gasteiger partial charge in [0, 0.05) is 38.3 Å². The van der Waals surface area contributed by atoms with E-state index in [2.05, 4.69) is 27.3 Å². The van der Waals surface area contributed by atoms with Crippen LogP contribution in [0.3, 0.4) is 0 Å². The molecule has 2 aromatic rings. The number of pyridine rings is 1. The predicted octanol–water partition coefficient (Wildman–Crippen LogP) is 4.35. The molecular weight excluding hydrogens is 429 g/mol. The van der Waals surface area contributed by atoms with E-state index in [1.807, 2.05) is 31.1 Å². The van der Waals surface area contributed by atoms with Gasteiger partial charge in [-0.15, -0.1) is 0 Å². The van der Waals surface area contributed by atoms with Crippen molar-refractivity contribution >= 4 is 23.3 Å². The zero-order chi connectivity index (χ0) is 22.6. The maximum Gasteiger partial charge on any atom is 0.417 e. The maximum atomic E-state index is 12.8. The molecule has 0 saturated carbocycles. The summed E-state index contributed by atoms with van der Waals surface area (Å²) in [6.45, 7) is 2.35. The Balaban J connectivity index is 1.50. The first-order chi connectivity index (χ1) is 14.6. The van der Waals surface area contributed by atoms with E-state index in [0.717, 1.165) is 24.4 Å². The minimum absolute atomic E-state index is 0.0107. The number of halogens is 4. The first-order valence-electron chi connectivity index (χ1n) is 10.1. The second kappa shape index (κ2) is 9.87. The summed E-state index contributed by atoms with van der Waals surface area (Å²) in [5.41, 5.74) is 1.38. The monoisotopic (exact) mass is 454 g/mol. The van der Waals surface area contributed by atoms with Gasteiger partial charge in [-0.2, -0.15) is 13.2 Å². The van der Waals surface area contributed by atoms with Crippen LogP contribution in [0.2, 0.25) is 5.02 Å². The molecule has 0 bridgehead atoms. The minimum Gasteiger partial charge on any atom is -0.355 e. The summed E-state index contributed by atoms with van der Waals surface area (Å²) >= 11 is 6.04. The van der Waals surface area contributed by atoms with Crippen LogP contribution in [0.5, 0.6) is 0 Å². The number of anilines is 1. The lowest BCUT2D eigenvalue weighted by Gasteiger charge is -2.32. The van der Waals surface area contributed by atoms with Crippen LogP contribution in [0.25, 0.3) is 0 Å². The fourth-order valence-corrected chi connectivity index (χ4v) is 3.92. The number of alkyl halides is 3. The second-order valence-corrected chi connectivity index (χ2v) is 8.47. The number of nitrogens with one attached hydrogen (secondary N) is 1. The number of hydrogen-bond acceptors (Lipinski definition) is 4. The van der Waals surface area contributed by atoms with E-state index in [-0.39, 0.29) is 16.8 Å². The Hall–Kier alpha value is -2.32.